The lowest BCUT2D eigenvalue weighted by Gasteiger charge is -2.11. The van der Waals surface area contributed by atoms with Crippen molar-refractivity contribution in [3.05, 3.63) is 59.7 Å². The third kappa shape index (κ3) is 4.07. The molecule has 1 atom stereocenters. The van der Waals surface area contributed by atoms with E-state index in [0.29, 0.717) is 24.3 Å². The molecule has 26 heavy (non-hydrogen) atoms. The van der Waals surface area contributed by atoms with Crippen molar-refractivity contribution in [2.75, 3.05) is 17.2 Å². The highest BCUT2D eigenvalue weighted by atomic mass is 16.5. The minimum absolute atomic E-state index is 0.0151. The first-order valence-electron chi connectivity index (χ1n) is 8.21. The third-order valence-corrected chi connectivity index (χ3v) is 4.04. The van der Waals surface area contributed by atoms with E-state index in [-0.39, 0.29) is 17.2 Å². The molecule has 1 heterocycles. The van der Waals surface area contributed by atoms with Crippen molar-refractivity contribution >= 4 is 29.2 Å². The van der Waals surface area contributed by atoms with Crippen LogP contribution < -0.4 is 10.6 Å². The van der Waals surface area contributed by atoms with Gasteiger partial charge in [-0.2, -0.15) is 0 Å². The first-order valence-corrected chi connectivity index (χ1v) is 8.21. The molecule has 0 aromatic heterocycles. The van der Waals surface area contributed by atoms with Crippen molar-refractivity contribution in [2.24, 2.45) is 0 Å². The van der Waals surface area contributed by atoms with Crippen LogP contribution in [0.1, 0.15) is 33.6 Å². The number of hydrogen-bond acceptors (Lipinski definition) is 4. The lowest BCUT2D eigenvalue weighted by Crippen LogP contribution is -2.26. The number of carboxylic acids is 1. The van der Waals surface area contributed by atoms with E-state index in [1.165, 1.54) is 12.1 Å². The first-order chi connectivity index (χ1) is 12.5. The Morgan fingerprint density at radius 3 is 2.38 bits per heavy atom. The number of hydrogen-bond donors (Lipinski definition) is 3. The summed E-state index contributed by atoms with van der Waals surface area (Å²) in [6, 6.07) is 12.5. The number of carbonyl (C=O) groups is 3. The molecule has 3 rings (SSSR count). The molecule has 2 aromatic rings. The van der Waals surface area contributed by atoms with Crippen molar-refractivity contribution in [3.8, 4) is 0 Å². The highest BCUT2D eigenvalue weighted by Crippen LogP contribution is 2.18. The fraction of sp³-hybridized carbons (Fsp3) is 0.211. The molecule has 1 fully saturated rings. The predicted molar refractivity (Wildman–Crippen MR) is 95.4 cm³/mol. The fourth-order valence-corrected chi connectivity index (χ4v) is 2.69. The largest absolute Gasteiger partial charge is 0.478 e. The monoisotopic (exact) mass is 354 g/mol. The number of carboxylic acid groups (broad SMARTS) is 1. The van der Waals surface area contributed by atoms with Gasteiger partial charge in [-0.05, 0) is 49.2 Å². The van der Waals surface area contributed by atoms with Crippen LogP contribution >= 0.6 is 0 Å². The number of para-hydroxylation sites is 1. The van der Waals surface area contributed by atoms with Crippen LogP contribution in [0.2, 0.25) is 0 Å². The highest BCUT2D eigenvalue weighted by molar-refractivity contribution is 6.08. The van der Waals surface area contributed by atoms with Crippen LogP contribution in [0.15, 0.2) is 48.5 Å². The average Bonchev–Trinajstić information content (AvgIpc) is 3.17. The van der Waals surface area contributed by atoms with Gasteiger partial charge in [0.25, 0.3) is 11.8 Å². The van der Waals surface area contributed by atoms with Crippen LogP contribution in [0.3, 0.4) is 0 Å². The molecule has 2 aromatic carbocycles. The maximum Gasteiger partial charge on any atom is 0.337 e. The lowest BCUT2D eigenvalue weighted by molar-refractivity contribution is -0.124. The van der Waals surface area contributed by atoms with Gasteiger partial charge in [-0.25, -0.2) is 4.79 Å². The molecule has 0 unspecified atom stereocenters. The maximum absolute atomic E-state index is 12.3. The van der Waals surface area contributed by atoms with Gasteiger partial charge < -0.3 is 20.5 Å². The summed E-state index contributed by atoms with van der Waals surface area (Å²) in [6.07, 6.45) is 1.15. The molecular weight excluding hydrogens is 336 g/mol. The summed E-state index contributed by atoms with van der Waals surface area (Å²) in [5.74, 6) is -1.75. The van der Waals surface area contributed by atoms with E-state index in [2.05, 4.69) is 10.6 Å². The molecule has 2 amide bonds. The Kier molecular flexibility index (Phi) is 5.28. The normalized spacial score (nSPS) is 16.1. The van der Waals surface area contributed by atoms with E-state index in [4.69, 9.17) is 9.84 Å². The van der Waals surface area contributed by atoms with Crippen LogP contribution in [0.4, 0.5) is 11.4 Å². The van der Waals surface area contributed by atoms with Crippen molar-refractivity contribution in [1.29, 1.82) is 0 Å². The van der Waals surface area contributed by atoms with E-state index in [0.717, 1.165) is 6.42 Å². The molecule has 134 valence electrons. The summed E-state index contributed by atoms with van der Waals surface area (Å²) in [5, 5.41) is 14.5. The van der Waals surface area contributed by atoms with Crippen LogP contribution in [0.5, 0.6) is 0 Å². The fourth-order valence-electron chi connectivity index (χ4n) is 2.69. The number of nitrogens with one attached hydrogen (secondary N) is 2. The van der Waals surface area contributed by atoms with Gasteiger partial charge in [-0.3, -0.25) is 9.59 Å². The molecule has 7 heteroatoms. The van der Waals surface area contributed by atoms with Gasteiger partial charge in [0.1, 0.15) is 6.10 Å². The number of benzene rings is 2. The number of ether oxygens (including phenoxy) is 1. The Balaban J connectivity index is 1.65. The number of amides is 2. The maximum atomic E-state index is 12.3. The second-order valence-corrected chi connectivity index (χ2v) is 5.87. The van der Waals surface area contributed by atoms with Gasteiger partial charge in [-0.1, -0.05) is 12.1 Å². The van der Waals surface area contributed by atoms with Crippen molar-refractivity contribution in [1.82, 2.24) is 0 Å². The summed E-state index contributed by atoms with van der Waals surface area (Å²) in [5.41, 5.74) is 1.15. The minimum atomic E-state index is -1.12. The molecule has 1 aliphatic heterocycles. The van der Waals surface area contributed by atoms with Crippen molar-refractivity contribution in [2.45, 2.75) is 18.9 Å². The molecule has 0 spiro atoms. The molecule has 0 bridgehead atoms. The number of aromatic carboxylic acids is 1. The number of anilines is 2. The van der Waals surface area contributed by atoms with Crippen LogP contribution in [0.25, 0.3) is 0 Å². The Morgan fingerprint density at radius 2 is 1.73 bits per heavy atom. The standard InChI is InChI=1S/C19H18N2O5/c22-17(21-15-5-2-1-4-14(15)19(24)25)12-7-9-13(10-8-12)20-18(23)16-6-3-11-26-16/h1-2,4-5,7-10,16H,3,6,11H2,(H,20,23)(H,21,22)(H,24,25)/t16-/m1/s1. The molecular formula is C19H18N2O5. The molecule has 1 aliphatic rings. The summed E-state index contributed by atoms with van der Waals surface area (Å²) in [4.78, 5) is 35.5. The van der Waals surface area contributed by atoms with Crippen molar-refractivity contribution in [3.63, 3.8) is 0 Å². The van der Waals surface area contributed by atoms with E-state index >= 15 is 0 Å². The van der Waals surface area contributed by atoms with Gasteiger partial charge in [0, 0.05) is 17.9 Å². The lowest BCUT2D eigenvalue weighted by atomic mass is 10.1. The van der Waals surface area contributed by atoms with E-state index in [1.807, 2.05) is 0 Å². The quantitative estimate of drug-likeness (QED) is 0.766. The zero-order chi connectivity index (χ0) is 18.5. The van der Waals surface area contributed by atoms with Crippen LogP contribution in [-0.4, -0.2) is 35.6 Å². The second kappa shape index (κ2) is 7.79. The minimum Gasteiger partial charge on any atom is -0.478 e. The van der Waals surface area contributed by atoms with E-state index in [1.54, 1.807) is 36.4 Å². The Hall–Kier alpha value is -3.19. The molecule has 0 aliphatic carbocycles. The molecule has 0 saturated carbocycles. The smallest absolute Gasteiger partial charge is 0.337 e. The zero-order valence-electron chi connectivity index (χ0n) is 13.9. The Bertz CT molecular complexity index is 826. The van der Waals surface area contributed by atoms with Gasteiger partial charge in [0.15, 0.2) is 0 Å². The molecule has 7 nitrogen and oxygen atoms in total. The van der Waals surface area contributed by atoms with Gasteiger partial charge in [-0.15, -0.1) is 0 Å². The second-order valence-electron chi connectivity index (χ2n) is 5.87. The van der Waals surface area contributed by atoms with Crippen LogP contribution in [0, 0.1) is 0 Å². The summed E-state index contributed by atoms with van der Waals surface area (Å²) >= 11 is 0. The first kappa shape index (κ1) is 17.6. The van der Waals surface area contributed by atoms with Gasteiger partial charge in [0.2, 0.25) is 0 Å². The zero-order valence-corrected chi connectivity index (χ0v) is 13.9. The van der Waals surface area contributed by atoms with Gasteiger partial charge >= 0.3 is 5.97 Å². The molecule has 0 radical (unpaired) electrons. The predicted octanol–water partition coefficient (Wildman–Crippen LogP) is 2.75. The summed E-state index contributed by atoms with van der Waals surface area (Å²) in [7, 11) is 0. The third-order valence-electron chi connectivity index (χ3n) is 4.04. The summed E-state index contributed by atoms with van der Waals surface area (Å²) < 4.78 is 5.32. The Morgan fingerprint density at radius 1 is 1.00 bits per heavy atom. The van der Waals surface area contributed by atoms with E-state index < -0.39 is 18.0 Å². The SMILES string of the molecule is O=C(Nc1ccccc1C(=O)O)c1ccc(NC(=O)[C@H]2CCCO2)cc1. The number of carbonyl (C=O) groups excluding carboxylic acids is 2. The Labute approximate surface area is 150 Å². The average molecular weight is 354 g/mol. The van der Waals surface area contributed by atoms with Crippen molar-refractivity contribution < 1.29 is 24.2 Å². The van der Waals surface area contributed by atoms with Crippen LogP contribution in [-0.2, 0) is 9.53 Å². The highest BCUT2D eigenvalue weighted by Gasteiger charge is 2.23. The van der Waals surface area contributed by atoms with E-state index in [9.17, 15) is 14.4 Å². The summed E-state index contributed by atoms with van der Waals surface area (Å²) in [6.45, 7) is 0.592. The van der Waals surface area contributed by atoms with Gasteiger partial charge in [0.05, 0.1) is 11.3 Å². The topological polar surface area (TPSA) is 105 Å². The molecule has 3 N–H and O–H groups in total. The number of rotatable bonds is 5. The molecule has 1 saturated heterocycles.